The molecule has 1 saturated heterocycles. The van der Waals surface area contributed by atoms with Crippen LogP contribution in [0.2, 0.25) is 0 Å². The monoisotopic (exact) mass is 266 g/mol. The molecular weight excluding hydrogens is 248 g/mol. The standard InChI is InChI=1S/C12H18N4O3/c1-14(7-4-6-13)10(17)5-3-8-16-11(18)9-15(2)12(16)19/h3-5,7-9H2,1-2H3. The summed E-state index contributed by atoms with van der Waals surface area (Å²) >= 11 is 0. The third-order valence-corrected chi connectivity index (χ3v) is 2.99. The summed E-state index contributed by atoms with van der Waals surface area (Å²) in [5.74, 6) is -0.305. The van der Waals surface area contributed by atoms with Gasteiger partial charge in [0.25, 0.3) is 0 Å². The van der Waals surface area contributed by atoms with Gasteiger partial charge in [0.15, 0.2) is 0 Å². The molecule has 0 atom stereocenters. The predicted octanol–water partition coefficient (Wildman–Crippen LogP) is 0.0327. The molecule has 1 fully saturated rings. The van der Waals surface area contributed by atoms with Crippen molar-refractivity contribution in [3.63, 3.8) is 0 Å². The zero-order chi connectivity index (χ0) is 14.4. The number of likely N-dealkylation sites (N-methyl/N-ethyl adjacent to an activating group) is 1. The Kier molecular flexibility index (Phi) is 5.30. The van der Waals surface area contributed by atoms with Crippen molar-refractivity contribution in [2.75, 3.05) is 33.7 Å². The van der Waals surface area contributed by atoms with E-state index in [0.717, 1.165) is 0 Å². The zero-order valence-corrected chi connectivity index (χ0v) is 11.3. The van der Waals surface area contributed by atoms with Crippen molar-refractivity contribution in [3.8, 4) is 6.07 Å². The molecule has 7 heteroatoms. The highest BCUT2D eigenvalue weighted by molar-refractivity contribution is 6.01. The Balaban J connectivity index is 2.31. The third-order valence-electron chi connectivity index (χ3n) is 2.99. The molecule has 1 rings (SSSR count). The summed E-state index contributed by atoms with van der Waals surface area (Å²) in [7, 11) is 3.21. The zero-order valence-electron chi connectivity index (χ0n) is 11.3. The van der Waals surface area contributed by atoms with Crippen LogP contribution in [-0.2, 0) is 9.59 Å². The molecule has 19 heavy (non-hydrogen) atoms. The van der Waals surface area contributed by atoms with Gasteiger partial charge in [-0.1, -0.05) is 0 Å². The lowest BCUT2D eigenvalue weighted by atomic mass is 10.2. The number of nitriles is 1. The molecule has 1 heterocycles. The first-order valence-electron chi connectivity index (χ1n) is 6.13. The van der Waals surface area contributed by atoms with Crippen LogP contribution in [0.5, 0.6) is 0 Å². The number of nitrogens with zero attached hydrogens (tertiary/aromatic N) is 4. The molecule has 0 bridgehead atoms. The lowest BCUT2D eigenvalue weighted by molar-refractivity contribution is -0.130. The fourth-order valence-electron chi connectivity index (χ4n) is 1.81. The summed E-state index contributed by atoms with van der Waals surface area (Å²) in [6.45, 7) is 0.772. The van der Waals surface area contributed by atoms with Crippen molar-refractivity contribution in [1.82, 2.24) is 14.7 Å². The first kappa shape index (κ1) is 15.0. The Labute approximate surface area is 112 Å². The van der Waals surface area contributed by atoms with Crippen molar-refractivity contribution >= 4 is 17.8 Å². The molecule has 0 radical (unpaired) electrons. The minimum absolute atomic E-state index is 0.0808. The number of imide groups is 1. The molecule has 0 aliphatic carbocycles. The van der Waals surface area contributed by atoms with Crippen LogP contribution in [0.3, 0.4) is 0 Å². The van der Waals surface area contributed by atoms with Gasteiger partial charge in [0.05, 0.1) is 12.5 Å². The second kappa shape index (κ2) is 6.73. The summed E-state index contributed by atoms with van der Waals surface area (Å²) in [6.07, 6.45) is 1.01. The molecule has 104 valence electrons. The van der Waals surface area contributed by atoms with Crippen molar-refractivity contribution in [2.45, 2.75) is 19.3 Å². The van der Waals surface area contributed by atoms with E-state index in [-0.39, 0.29) is 37.4 Å². The Morgan fingerprint density at radius 3 is 2.68 bits per heavy atom. The minimum Gasteiger partial charge on any atom is -0.345 e. The number of amides is 4. The maximum Gasteiger partial charge on any atom is 0.326 e. The molecule has 0 spiro atoms. The van der Waals surface area contributed by atoms with Crippen LogP contribution in [-0.4, -0.2) is 66.3 Å². The highest BCUT2D eigenvalue weighted by Crippen LogP contribution is 2.09. The Hall–Kier alpha value is -2.10. The molecule has 0 saturated carbocycles. The Morgan fingerprint density at radius 2 is 2.16 bits per heavy atom. The van der Waals surface area contributed by atoms with Crippen LogP contribution in [0.15, 0.2) is 0 Å². The highest BCUT2D eigenvalue weighted by atomic mass is 16.2. The lowest BCUT2D eigenvalue weighted by Crippen LogP contribution is -2.33. The number of carbonyl (C=O) groups is 3. The van der Waals surface area contributed by atoms with Crippen LogP contribution in [0.4, 0.5) is 4.79 Å². The fraction of sp³-hybridized carbons (Fsp3) is 0.667. The van der Waals surface area contributed by atoms with Crippen molar-refractivity contribution in [3.05, 3.63) is 0 Å². The number of rotatable bonds is 6. The Bertz CT molecular complexity index is 416. The number of hydrogen-bond donors (Lipinski definition) is 0. The van der Waals surface area contributed by atoms with Gasteiger partial charge >= 0.3 is 6.03 Å². The second-order valence-corrected chi connectivity index (χ2v) is 4.51. The van der Waals surface area contributed by atoms with Gasteiger partial charge in [0.2, 0.25) is 11.8 Å². The van der Waals surface area contributed by atoms with E-state index in [4.69, 9.17) is 5.26 Å². The molecular formula is C12H18N4O3. The van der Waals surface area contributed by atoms with Gasteiger partial charge in [0, 0.05) is 33.6 Å². The quantitative estimate of drug-likeness (QED) is 0.635. The summed E-state index contributed by atoms with van der Waals surface area (Å²) in [5.41, 5.74) is 0. The summed E-state index contributed by atoms with van der Waals surface area (Å²) < 4.78 is 0. The van der Waals surface area contributed by atoms with Gasteiger partial charge in [-0.2, -0.15) is 5.26 Å². The maximum absolute atomic E-state index is 11.7. The lowest BCUT2D eigenvalue weighted by Gasteiger charge is -2.17. The SMILES string of the molecule is CN(CCC#N)C(=O)CCCN1C(=O)CN(C)C1=O. The average molecular weight is 266 g/mol. The van der Waals surface area contributed by atoms with Crippen molar-refractivity contribution in [2.24, 2.45) is 0 Å². The molecule has 1 aliphatic heterocycles. The fourth-order valence-corrected chi connectivity index (χ4v) is 1.81. The number of hydrogen-bond acceptors (Lipinski definition) is 4. The van der Waals surface area contributed by atoms with E-state index in [2.05, 4.69) is 0 Å². The largest absolute Gasteiger partial charge is 0.345 e. The van der Waals surface area contributed by atoms with E-state index in [1.165, 1.54) is 14.7 Å². The molecule has 4 amide bonds. The summed E-state index contributed by atoms with van der Waals surface area (Å²) in [6, 6.07) is 1.66. The number of carbonyl (C=O) groups excluding carboxylic acids is 3. The van der Waals surface area contributed by atoms with Gasteiger partial charge in [0.1, 0.15) is 6.54 Å². The van der Waals surface area contributed by atoms with Crippen molar-refractivity contribution in [1.29, 1.82) is 5.26 Å². The third kappa shape index (κ3) is 3.95. The first-order chi connectivity index (χ1) is 8.97. The smallest absolute Gasteiger partial charge is 0.326 e. The molecule has 0 aromatic heterocycles. The van der Waals surface area contributed by atoms with Crippen molar-refractivity contribution < 1.29 is 14.4 Å². The summed E-state index contributed by atoms with van der Waals surface area (Å²) in [4.78, 5) is 38.7. The normalized spacial score (nSPS) is 14.8. The van der Waals surface area contributed by atoms with Crippen LogP contribution in [0.25, 0.3) is 0 Å². The molecule has 7 nitrogen and oxygen atoms in total. The molecule has 0 aromatic carbocycles. The first-order valence-corrected chi connectivity index (χ1v) is 6.13. The van der Waals surface area contributed by atoms with E-state index in [1.807, 2.05) is 6.07 Å². The molecule has 0 N–H and O–H groups in total. The van der Waals surface area contributed by atoms with E-state index < -0.39 is 0 Å². The predicted molar refractivity (Wildman–Crippen MR) is 66.8 cm³/mol. The van der Waals surface area contributed by atoms with Gasteiger partial charge in [-0.15, -0.1) is 0 Å². The van der Waals surface area contributed by atoms with Crippen LogP contribution >= 0.6 is 0 Å². The van der Waals surface area contributed by atoms with Crippen LogP contribution < -0.4 is 0 Å². The molecule has 0 unspecified atom stereocenters. The average Bonchev–Trinajstić information content (AvgIpc) is 2.61. The number of urea groups is 1. The topological polar surface area (TPSA) is 84.7 Å². The van der Waals surface area contributed by atoms with Gasteiger partial charge in [-0.05, 0) is 6.42 Å². The van der Waals surface area contributed by atoms with Gasteiger partial charge in [-0.3, -0.25) is 14.5 Å². The van der Waals surface area contributed by atoms with Crippen LogP contribution in [0.1, 0.15) is 19.3 Å². The Morgan fingerprint density at radius 1 is 1.47 bits per heavy atom. The second-order valence-electron chi connectivity index (χ2n) is 4.51. The maximum atomic E-state index is 11.7. The van der Waals surface area contributed by atoms with Crippen LogP contribution in [0, 0.1) is 11.3 Å². The highest BCUT2D eigenvalue weighted by Gasteiger charge is 2.32. The van der Waals surface area contributed by atoms with Gasteiger partial charge in [-0.25, -0.2) is 4.79 Å². The molecule has 0 aromatic rings. The van der Waals surface area contributed by atoms with Gasteiger partial charge < -0.3 is 9.80 Å². The molecule has 1 aliphatic rings. The summed E-state index contributed by atoms with van der Waals surface area (Å²) in [5, 5.41) is 8.43. The van der Waals surface area contributed by atoms with E-state index in [1.54, 1.807) is 14.1 Å². The van der Waals surface area contributed by atoms with E-state index >= 15 is 0 Å². The minimum atomic E-state index is -0.310. The van der Waals surface area contributed by atoms with E-state index in [9.17, 15) is 14.4 Å². The van der Waals surface area contributed by atoms with E-state index in [0.29, 0.717) is 19.4 Å².